The second-order valence-electron chi connectivity index (χ2n) is 6.30. The van der Waals surface area contributed by atoms with Crippen LogP contribution in [0.1, 0.15) is 12.0 Å². The molecule has 1 amide bonds. The first-order chi connectivity index (χ1) is 11.4. The fourth-order valence-corrected chi connectivity index (χ4v) is 3.98. The summed E-state index contributed by atoms with van der Waals surface area (Å²) in [6.07, 6.45) is 1.10. The number of benzene rings is 1. The molecule has 1 N–H and O–H groups in total. The van der Waals surface area contributed by atoms with Crippen molar-refractivity contribution < 1.29 is 17.9 Å². The van der Waals surface area contributed by atoms with Crippen LogP contribution in [-0.4, -0.2) is 65.1 Å². The van der Waals surface area contributed by atoms with E-state index in [9.17, 15) is 13.2 Å². The van der Waals surface area contributed by atoms with E-state index in [1.165, 1.54) is 18.4 Å². The third kappa shape index (κ3) is 4.15. The summed E-state index contributed by atoms with van der Waals surface area (Å²) in [4.78, 5) is 14.5. The number of nitrogens with zero attached hydrogens (tertiary/aromatic N) is 2. The Labute approximate surface area is 154 Å². The van der Waals surface area contributed by atoms with Crippen molar-refractivity contribution in [1.29, 1.82) is 0 Å². The number of amides is 1. The molecular formula is C16H24ClN3O4S. The lowest BCUT2D eigenvalue weighted by molar-refractivity contribution is -0.119. The van der Waals surface area contributed by atoms with Crippen LogP contribution in [0.5, 0.6) is 0 Å². The summed E-state index contributed by atoms with van der Waals surface area (Å²) in [6.45, 7) is 2.54. The maximum absolute atomic E-state index is 12.6. The van der Waals surface area contributed by atoms with Gasteiger partial charge in [0.25, 0.3) is 0 Å². The minimum atomic E-state index is -3.51. The number of ether oxygens (including phenoxy) is 1. The van der Waals surface area contributed by atoms with E-state index in [4.69, 9.17) is 4.74 Å². The van der Waals surface area contributed by atoms with Gasteiger partial charge in [-0.2, -0.15) is 0 Å². The highest BCUT2D eigenvalue weighted by molar-refractivity contribution is 7.89. The van der Waals surface area contributed by atoms with Crippen molar-refractivity contribution in [2.45, 2.75) is 23.8 Å². The molecule has 1 fully saturated rings. The van der Waals surface area contributed by atoms with Gasteiger partial charge in [-0.25, -0.2) is 12.7 Å². The molecule has 1 unspecified atom stereocenters. The maximum Gasteiger partial charge on any atom is 0.242 e. The van der Waals surface area contributed by atoms with Gasteiger partial charge in [-0.15, -0.1) is 12.4 Å². The fourth-order valence-electron chi connectivity index (χ4n) is 3.06. The molecule has 0 aromatic heterocycles. The highest BCUT2D eigenvalue weighted by Crippen LogP contribution is 2.31. The number of morpholine rings is 1. The van der Waals surface area contributed by atoms with E-state index in [1.807, 2.05) is 0 Å². The van der Waals surface area contributed by atoms with Gasteiger partial charge in [0.05, 0.1) is 18.1 Å². The number of fused-ring (bicyclic) bond motifs is 1. The number of carbonyl (C=O) groups is 1. The van der Waals surface area contributed by atoms with Crippen LogP contribution in [0.2, 0.25) is 0 Å². The molecule has 7 nitrogen and oxygen atoms in total. The van der Waals surface area contributed by atoms with Gasteiger partial charge in [-0.3, -0.25) is 4.79 Å². The third-order valence-corrected chi connectivity index (χ3v) is 6.26. The highest BCUT2D eigenvalue weighted by Gasteiger charge is 2.29. The van der Waals surface area contributed by atoms with Crippen LogP contribution in [0.15, 0.2) is 23.1 Å². The Morgan fingerprint density at radius 1 is 1.40 bits per heavy atom. The van der Waals surface area contributed by atoms with Gasteiger partial charge in [0, 0.05) is 45.3 Å². The Hall–Kier alpha value is -1.19. The standard InChI is InChI=1S/C16H23N3O4S.ClH/c1-18(2)24(21,22)14-4-3-12-5-7-19(15(12)10-14)16(20)9-13-11-23-8-6-17-13;/h3-4,10,13,17H,5-9,11H2,1-2H3;1H. The van der Waals surface area contributed by atoms with Crippen molar-refractivity contribution in [2.24, 2.45) is 0 Å². The average Bonchev–Trinajstić information content (AvgIpc) is 2.98. The van der Waals surface area contributed by atoms with Gasteiger partial charge >= 0.3 is 0 Å². The van der Waals surface area contributed by atoms with Gasteiger partial charge in [-0.1, -0.05) is 6.07 Å². The van der Waals surface area contributed by atoms with E-state index in [-0.39, 0.29) is 29.3 Å². The van der Waals surface area contributed by atoms with Gasteiger partial charge in [0.1, 0.15) is 0 Å². The molecule has 3 rings (SSSR count). The van der Waals surface area contributed by atoms with Gasteiger partial charge < -0.3 is 15.0 Å². The number of nitrogens with one attached hydrogen (secondary N) is 1. The molecule has 140 valence electrons. The lowest BCUT2D eigenvalue weighted by Gasteiger charge is -2.26. The van der Waals surface area contributed by atoms with Crippen LogP contribution < -0.4 is 10.2 Å². The lowest BCUT2D eigenvalue weighted by atomic mass is 10.1. The van der Waals surface area contributed by atoms with E-state index in [0.717, 1.165) is 18.5 Å². The second-order valence-corrected chi connectivity index (χ2v) is 8.46. The van der Waals surface area contributed by atoms with Crippen LogP contribution in [0.4, 0.5) is 5.69 Å². The summed E-state index contributed by atoms with van der Waals surface area (Å²) in [7, 11) is -0.511. The molecule has 1 atom stereocenters. The Morgan fingerprint density at radius 3 is 2.80 bits per heavy atom. The molecule has 0 radical (unpaired) electrons. The van der Waals surface area contributed by atoms with E-state index in [1.54, 1.807) is 23.1 Å². The summed E-state index contributed by atoms with van der Waals surface area (Å²) >= 11 is 0. The molecule has 2 aliphatic rings. The van der Waals surface area contributed by atoms with Crippen LogP contribution in [0, 0.1) is 0 Å². The largest absolute Gasteiger partial charge is 0.378 e. The molecular weight excluding hydrogens is 366 g/mol. The molecule has 25 heavy (non-hydrogen) atoms. The first-order valence-electron chi connectivity index (χ1n) is 8.06. The van der Waals surface area contributed by atoms with Crippen LogP contribution in [0.3, 0.4) is 0 Å². The van der Waals surface area contributed by atoms with Crippen LogP contribution in [-0.2, 0) is 26.0 Å². The maximum atomic E-state index is 12.6. The fraction of sp³-hybridized carbons (Fsp3) is 0.562. The quantitative estimate of drug-likeness (QED) is 0.817. The van der Waals surface area contributed by atoms with E-state index >= 15 is 0 Å². The summed E-state index contributed by atoms with van der Waals surface area (Å²) in [5.74, 6) is -0.00356. The number of sulfonamides is 1. The number of halogens is 1. The first kappa shape index (κ1) is 20.1. The zero-order valence-electron chi connectivity index (χ0n) is 14.4. The molecule has 1 aromatic rings. The monoisotopic (exact) mass is 389 g/mol. The number of anilines is 1. The Kier molecular flexibility index (Phi) is 6.45. The number of rotatable bonds is 4. The van der Waals surface area contributed by atoms with Crippen LogP contribution in [0.25, 0.3) is 0 Å². The third-order valence-electron chi connectivity index (χ3n) is 4.45. The zero-order chi connectivity index (χ0) is 17.3. The Balaban J connectivity index is 0.00000225. The highest BCUT2D eigenvalue weighted by atomic mass is 35.5. The number of carbonyl (C=O) groups excluding carboxylic acids is 1. The van der Waals surface area contributed by atoms with Crippen LogP contribution >= 0.6 is 12.4 Å². The molecule has 0 spiro atoms. The molecule has 1 saturated heterocycles. The molecule has 1 aromatic carbocycles. The van der Waals surface area contributed by atoms with E-state index in [2.05, 4.69) is 5.32 Å². The van der Waals surface area contributed by atoms with E-state index in [0.29, 0.717) is 31.9 Å². The molecule has 2 aliphatic heterocycles. The average molecular weight is 390 g/mol. The van der Waals surface area contributed by atoms with Crippen molar-refractivity contribution >= 4 is 34.0 Å². The predicted molar refractivity (Wildman–Crippen MR) is 97.8 cm³/mol. The normalized spacial score (nSPS) is 20.3. The molecule has 2 heterocycles. The van der Waals surface area contributed by atoms with E-state index < -0.39 is 10.0 Å². The van der Waals surface area contributed by atoms with Gasteiger partial charge in [0.15, 0.2) is 0 Å². The lowest BCUT2D eigenvalue weighted by Crippen LogP contribution is -2.45. The van der Waals surface area contributed by atoms with Crippen molar-refractivity contribution in [3.05, 3.63) is 23.8 Å². The summed E-state index contributed by atoms with van der Waals surface area (Å²) in [5, 5.41) is 3.27. The summed E-state index contributed by atoms with van der Waals surface area (Å²) in [5.41, 5.74) is 1.72. The van der Waals surface area contributed by atoms with Crippen molar-refractivity contribution in [3.8, 4) is 0 Å². The summed E-state index contributed by atoms with van der Waals surface area (Å²) < 4.78 is 31.2. The van der Waals surface area contributed by atoms with Crippen molar-refractivity contribution in [1.82, 2.24) is 9.62 Å². The molecule has 0 aliphatic carbocycles. The smallest absolute Gasteiger partial charge is 0.242 e. The minimum Gasteiger partial charge on any atom is -0.378 e. The second kappa shape index (κ2) is 8.01. The van der Waals surface area contributed by atoms with Crippen molar-refractivity contribution in [3.63, 3.8) is 0 Å². The van der Waals surface area contributed by atoms with Gasteiger partial charge in [-0.05, 0) is 24.1 Å². The first-order valence-corrected chi connectivity index (χ1v) is 9.50. The Bertz CT molecular complexity index is 733. The number of hydrogen-bond donors (Lipinski definition) is 1. The zero-order valence-corrected chi connectivity index (χ0v) is 16.0. The molecule has 9 heteroatoms. The summed E-state index contributed by atoms with van der Waals surface area (Å²) in [6, 6.07) is 5.05. The predicted octanol–water partition coefficient (Wildman–Crippen LogP) is 0.626. The number of hydrogen-bond acceptors (Lipinski definition) is 5. The molecule has 0 saturated carbocycles. The topological polar surface area (TPSA) is 79.0 Å². The minimum absolute atomic E-state index is 0. The van der Waals surface area contributed by atoms with Crippen molar-refractivity contribution in [2.75, 3.05) is 45.3 Å². The Morgan fingerprint density at radius 2 is 2.16 bits per heavy atom. The van der Waals surface area contributed by atoms with Gasteiger partial charge in [0.2, 0.25) is 15.9 Å². The molecule has 0 bridgehead atoms. The SMILES string of the molecule is CN(C)S(=O)(=O)c1ccc2c(c1)N(C(=O)CC1COCCN1)CC2.Cl.